The van der Waals surface area contributed by atoms with Gasteiger partial charge in [-0.15, -0.1) is 0 Å². The van der Waals surface area contributed by atoms with Crippen LogP contribution >= 0.6 is 0 Å². The Morgan fingerprint density at radius 3 is 2.55 bits per heavy atom. The van der Waals surface area contributed by atoms with Gasteiger partial charge in [-0.05, 0) is 38.8 Å². The second kappa shape index (κ2) is 6.24. The van der Waals surface area contributed by atoms with Crippen molar-refractivity contribution in [2.24, 2.45) is 5.73 Å². The number of nitrogen functional groups attached to an aromatic ring is 1. The zero-order valence-corrected chi connectivity index (χ0v) is 12.0. The molecule has 0 aromatic heterocycles. The van der Waals surface area contributed by atoms with Gasteiger partial charge in [-0.3, -0.25) is 4.79 Å². The fourth-order valence-electron chi connectivity index (χ4n) is 2.57. The summed E-state index contributed by atoms with van der Waals surface area (Å²) in [6.45, 7) is 4.55. The molecule has 2 rings (SSSR count). The molecule has 0 spiro atoms. The molecule has 110 valence electrons. The normalized spacial score (nSPS) is 26.4. The third-order valence-electron chi connectivity index (χ3n) is 3.56. The smallest absolute Gasteiger partial charge is 0.248 e. The number of carbonyl (C=O) groups excluding carboxylic acids is 1. The topological polar surface area (TPSA) is 87.6 Å². The number of rotatable bonds is 4. The van der Waals surface area contributed by atoms with E-state index in [0.717, 1.165) is 18.4 Å². The van der Waals surface area contributed by atoms with Crippen LogP contribution in [0.3, 0.4) is 0 Å². The van der Waals surface area contributed by atoms with Gasteiger partial charge < -0.3 is 20.9 Å². The van der Waals surface area contributed by atoms with E-state index in [1.807, 2.05) is 0 Å². The molecule has 0 aliphatic carbocycles. The van der Waals surface area contributed by atoms with Gasteiger partial charge in [0.15, 0.2) is 0 Å². The van der Waals surface area contributed by atoms with Crippen molar-refractivity contribution >= 4 is 11.6 Å². The van der Waals surface area contributed by atoms with E-state index in [0.29, 0.717) is 17.9 Å². The van der Waals surface area contributed by atoms with Crippen LogP contribution in [0.15, 0.2) is 18.2 Å². The third kappa shape index (κ3) is 3.71. The summed E-state index contributed by atoms with van der Waals surface area (Å²) in [4.78, 5) is 11.1. The molecular weight excluding hydrogens is 256 g/mol. The second-order valence-corrected chi connectivity index (χ2v) is 5.44. The molecule has 1 aliphatic heterocycles. The Morgan fingerprint density at radius 1 is 1.35 bits per heavy atom. The van der Waals surface area contributed by atoms with Crippen LogP contribution in [0.25, 0.3) is 0 Å². The fraction of sp³-hybridized carbons (Fsp3) is 0.533. The quantitative estimate of drug-likeness (QED) is 0.823. The maximum absolute atomic E-state index is 11.1. The van der Waals surface area contributed by atoms with Gasteiger partial charge in [0.25, 0.3) is 0 Å². The van der Waals surface area contributed by atoms with E-state index in [4.69, 9.17) is 20.9 Å². The summed E-state index contributed by atoms with van der Waals surface area (Å²) in [5, 5.41) is 0. The number of hydrogen-bond donors (Lipinski definition) is 2. The number of benzene rings is 1. The molecule has 1 aliphatic rings. The van der Waals surface area contributed by atoms with E-state index in [2.05, 4.69) is 13.8 Å². The fourth-order valence-corrected chi connectivity index (χ4v) is 2.57. The van der Waals surface area contributed by atoms with E-state index in [1.54, 1.807) is 18.2 Å². The molecule has 20 heavy (non-hydrogen) atoms. The van der Waals surface area contributed by atoms with Crippen molar-refractivity contribution in [3.8, 4) is 0 Å². The highest BCUT2D eigenvalue weighted by molar-refractivity contribution is 5.93. The predicted octanol–water partition coefficient (Wildman–Crippen LogP) is 1.84. The zero-order valence-electron chi connectivity index (χ0n) is 12.0. The van der Waals surface area contributed by atoms with Crippen LogP contribution in [-0.2, 0) is 16.1 Å². The lowest BCUT2D eigenvalue weighted by atomic mass is 10.0. The lowest BCUT2D eigenvalue weighted by molar-refractivity contribution is -0.106. The highest BCUT2D eigenvalue weighted by Gasteiger charge is 2.25. The highest BCUT2D eigenvalue weighted by Crippen LogP contribution is 2.24. The molecule has 1 heterocycles. The minimum absolute atomic E-state index is 0.184. The number of carbonyl (C=O) groups is 1. The van der Waals surface area contributed by atoms with Gasteiger partial charge in [0.1, 0.15) is 0 Å². The first kappa shape index (κ1) is 14.8. The van der Waals surface area contributed by atoms with Crippen molar-refractivity contribution < 1.29 is 14.3 Å². The van der Waals surface area contributed by atoms with Crippen LogP contribution < -0.4 is 11.5 Å². The van der Waals surface area contributed by atoms with Gasteiger partial charge >= 0.3 is 0 Å². The average molecular weight is 278 g/mol. The molecule has 1 aromatic carbocycles. The summed E-state index contributed by atoms with van der Waals surface area (Å²) in [7, 11) is 0. The molecule has 0 radical (unpaired) electrons. The maximum atomic E-state index is 11.1. The number of ether oxygens (including phenoxy) is 2. The summed E-state index contributed by atoms with van der Waals surface area (Å²) in [5.41, 5.74) is 13.0. The zero-order chi connectivity index (χ0) is 14.7. The first-order valence-electron chi connectivity index (χ1n) is 6.91. The highest BCUT2D eigenvalue weighted by atomic mass is 16.5. The first-order chi connectivity index (χ1) is 9.45. The Bertz CT molecular complexity index is 480. The van der Waals surface area contributed by atoms with E-state index in [9.17, 15) is 4.79 Å². The van der Waals surface area contributed by atoms with Crippen LogP contribution in [0.1, 0.15) is 42.6 Å². The first-order valence-corrected chi connectivity index (χ1v) is 6.91. The van der Waals surface area contributed by atoms with Gasteiger partial charge in [-0.1, -0.05) is 6.07 Å². The molecule has 1 fully saturated rings. The van der Waals surface area contributed by atoms with Crippen molar-refractivity contribution in [3.63, 3.8) is 0 Å². The van der Waals surface area contributed by atoms with E-state index >= 15 is 0 Å². The lowest BCUT2D eigenvalue weighted by Crippen LogP contribution is -2.34. The van der Waals surface area contributed by atoms with Crippen molar-refractivity contribution in [1.82, 2.24) is 0 Å². The van der Waals surface area contributed by atoms with Gasteiger partial charge in [0.05, 0.1) is 24.9 Å². The van der Waals surface area contributed by atoms with Crippen LogP contribution in [0.5, 0.6) is 0 Å². The Kier molecular flexibility index (Phi) is 4.62. The lowest BCUT2D eigenvalue weighted by Gasteiger charge is -2.32. The largest absolute Gasteiger partial charge is 0.398 e. The van der Waals surface area contributed by atoms with Crippen LogP contribution in [-0.4, -0.2) is 24.2 Å². The van der Waals surface area contributed by atoms with Crippen LogP contribution in [0.4, 0.5) is 5.69 Å². The molecule has 2 unspecified atom stereocenters. The summed E-state index contributed by atoms with van der Waals surface area (Å²) < 4.78 is 11.6. The van der Waals surface area contributed by atoms with Gasteiger partial charge in [0.2, 0.25) is 5.91 Å². The van der Waals surface area contributed by atoms with Crippen LogP contribution in [0, 0.1) is 0 Å². The van der Waals surface area contributed by atoms with E-state index in [-0.39, 0.29) is 18.3 Å². The molecule has 5 nitrogen and oxygen atoms in total. The summed E-state index contributed by atoms with van der Waals surface area (Å²) in [6, 6.07) is 5.06. The monoisotopic (exact) mass is 278 g/mol. The third-order valence-corrected chi connectivity index (χ3v) is 3.56. The number of amides is 1. The predicted molar refractivity (Wildman–Crippen MR) is 77.2 cm³/mol. The molecule has 1 amide bonds. The van der Waals surface area contributed by atoms with E-state index in [1.165, 1.54) is 0 Å². The number of anilines is 1. The summed E-state index contributed by atoms with van der Waals surface area (Å²) >= 11 is 0. The van der Waals surface area contributed by atoms with Crippen LogP contribution in [0.2, 0.25) is 0 Å². The van der Waals surface area contributed by atoms with Crippen molar-refractivity contribution in [1.29, 1.82) is 0 Å². The van der Waals surface area contributed by atoms with Gasteiger partial charge in [-0.25, -0.2) is 0 Å². The van der Waals surface area contributed by atoms with Crippen molar-refractivity contribution in [2.75, 3.05) is 5.73 Å². The maximum Gasteiger partial charge on any atom is 0.248 e. The molecule has 1 aromatic rings. The minimum atomic E-state index is -0.476. The average Bonchev–Trinajstić information content (AvgIpc) is 2.36. The molecule has 2 atom stereocenters. The summed E-state index contributed by atoms with van der Waals surface area (Å²) in [6.07, 6.45) is 2.41. The summed E-state index contributed by atoms with van der Waals surface area (Å²) in [5.74, 6) is -0.476. The SMILES string of the molecule is CC1CC(OCc2ccc(C(N)=O)cc2N)CC(C)O1. The van der Waals surface area contributed by atoms with Gasteiger partial charge in [-0.2, -0.15) is 0 Å². The number of primary amides is 1. The standard InChI is InChI=1S/C15H22N2O3/c1-9-5-13(6-10(2)20-9)19-8-12-4-3-11(15(17)18)7-14(12)16/h3-4,7,9-10,13H,5-6,8,16H2,1-2H3,(H2,17,18). The number of nitrogens with two attached hydrogens (primary N) is 2. The molecule has 5 heteroatoms. The van der Waals surface area contributed by atoms with Crippen molar-refractivity contribution in [2.45, 2.75) is 51.6 Å². The van der Waals surface area contributed by atoms with Gasteiger partial charge in [0, 0.05) is 16.8 Å². The molecule has 0 saturated carbocycles. The number of hydrogen-bond acceptors (Lipinski definition) is 4. The minimum Gasteiger partial charge on any atom is -0.398 e. The molecule has 1 saturated heterocycles. The Balaban J connectivity index is 1.95. The molecule has 4 N–H and O–H groups in total. The molecule has 0 bridgehead atoms. The Hall–Kier alpha value is -1.59. The van der Waals surface area contributed by atoms with E-state index < -0.39 is 5.91 Å². The molecular formula is C15H22N2O3. The Morgan fingerprint density at radius 2 is 2.00 bits per heavy atom. The Labute approximate surface area is 119 Å². The second-order valence-electron chi connectivity index (χ2n) is 5.44. The van der Waals surface area contributed by atoms with Crippen molar-refractivity contribution in [3.05, 3.63) is 29.3 Å².